The fraction of sp³-hybridized carbons (Fsp3) is 0.364. The molecule has 0 bridgehead atoms. The maximum Gasteiger partial charge on any atom is 0.310 e. The lowest BCUT2D eigenvalue weighted by Gasteiger charge is -2.23. The smallest absolute Gasteiger partial charge is 0.310 e. The zero-order valence-electron chi connectivity index (χ0n) is 16.4. The molecular weight excluding hydrogens is 368 g/mol. The van der Waals surface area contributed by atoms with Gasteiger partial charge in [0.15, 0.2) is 5.65 Å². The first-order valence-electron chi connectivity index (χ1n) is 9.96. The second kappa shape index (κ2) is 8.43. The SMILES string of the molecule is COC(=O)[C@@H]1CCCCC[C@@H]1NC(=O)c1cnn2c(-c3ccccc3)ccnc12. The highest BCUT2D eigenvalue weighted by atomic mass is 16.5. The molecule has 1 aliphatic rings. The van der Waals surface area contributed by atoms with Crippen LogP contribution in [-0.4, -0.2) is 39.6 Å². The first-order chi connectivity index (χ1) is 14.2. The number of nitrogens with one attached hydrogen (secondary N) is 1. The molecule has 1 aromatic carbocycles. The molecule has 3 aromatic rings. The monoisotopic (exact) mass is 392 g/mol. The van der Waals surface area contributed by atoms with Crippen LogP contribution >= 0.6 is 0 Å². The highest BCUT2D eigenvalue weighted by Crippen LogP contribution is 2.26. The Balaban J connectivity index is 1.63. The molecule has 1 amide bonds. The van der Waals surface area contributed by atoms with Crippen LogP contribution in [0.3, 0.4) is 0 Å². The average Bonchev–Trinajstić information content (AvgIpc) is 3.07. The number of carbonyl (C=O) groups is 2. The van der Waals surface area contributed by atoms with Gasteiger partial charge in [-0.1, -0.05) is 49.6 Å². The predicted molar refractivity (Wildman–Crippen MR) is 108 cm³/mol. The normalized spacial score (nSPS) is 19.5. The largest absolute Gasteiger partial charge is 0.469 e. The van der Waals surface area contributed by atoms with E-state index in [0.29, 0.717) is 11.2 Å². The van der Waals surface area contributed by atoms with Gasteiger partial charge in [0.25, 0.3) is 5.91 Å². The van der Waals surface area contributed by atoms with E-state index >= 15 is 0 Å². The molecular formula is C22H24N4O3. The summed E-state index contributed by atoms with van der Waals surface area (Å²) >= 11 is 0. The van der Waals surface area contributed by atoms with E-state index in [4.69, 9.17) is 4.74 Å². The summed E-state index contributed by atoms with van der Waals surface area (Å²) < 4.78 is 6.64. The number of amides is 1. The van der Waals surface area contributed by atoms with Crippen molar-refractivity contribution in [1.29, 1.82) is 0 Å². The standard InChI is InChI=1S/C22H24N4O3/c1-29-22(28)16-10-6-3-7-11-18(16)25-21(27)17-14-24-26-19(12-13-23-20(17)26)15-8-4-2-5-9-15/h2,4-5,8-9,12-14,16,18H,3,6-7,10-11H2,1H3,(H,25,27)/t16-,18+/m1/s1. The van der Waals surface area contributed by atoms with Crippen LogP contribution in [0.4, 0.5) is 0 Å². The van der Waals surface area contributed by atoms with E-state index in [1.54, 1.807) is 10.7 Å². The number of nitrogens with zero attached hydrogens (tertiary/aromatic N) is 3. The Morgan fingerprint density at radius 2 is 1.90 bits per heavy atom. The Morgan fingerprint density at radius 3 is 2.69 bits per heavy atom. The third-order valence-electron chi connectivity index (χ3n) is 5.55. The van der Waals surface area contributed by atoms with Gasteiger partial charge in [-0.25, -0.2) is 9.50 Å². The summed E-state index contributed by atoms with van der Waals surface area (Å²) in [5.41, 5.74) is 2.74. The number of carbonyl (C=O) groups excluding carboxylic acids is 2. The Kier molecular flexibility index (Phi) is 5.55. The van der Waals surface area contributed by atoms with Crippen LogP contribution in [0.2, 0.25) is 0 Å². The fourth-order valence-corrected chi connectivity index (χ4v) is 4.04. The van der Waals surface area contributed by atoms with Crippen molar-refractivity contribution < 1.29 is 14.3 Å². The van der Waals surface area contributed by atoms with Crippen LogP contribution in [0.5, 0.6) is 0 Å². The van der Waals surface area contributed by atoms with Gasteiger partial charge in [0, 0.05) is 17.8 Å². The highest BCUT2D eigenvalue weighted by molar-refractivity contribution is 6.00. The van der Waals surface area contributed by atoms with Crippen LogP contribution in [0.1, 0.15) is 42.5 Å². The van der Waals surface area contributed by atoms with E-state index in [2.05, 4.69) is 15.4 Å². The molecule has 0 saturated heterocycles. The van der Waals surface area contributed by atoms with Crippen LogP contribution < -0.4 is 5.32 Å². The lowest BCUT2D eigenvalue weighted by Crippen LogP contribution is -2.43. The molecule has 4 rings (SSSR count). The maximum absolute atomic E-state index is 13.0. The molecule has 0 unspecified atom stereocenters. The summed E-state index contributed by atoms with van der Waals surface area (Å²) in [5, 5.41) is 7.44. The van der Waals surface area contributed by atoms with Crippen LogP contribution in [0.25, 0.3) is 16.9 Å². The number of fused-ring (bicyclic) bond motifs is 1. The van der Waals surface area contributed by atoms with Gasteiger partial charge in [0.2, 0.25) is 0 Å². The number of hydrogen-bond donors (Lipinski definition) is 1. The zero-order valence-corrected chi connectivity index (χ0v) is 16.4. The minimum Gasteiger partial charge on any atom is -0.469 e. The minimum atomic E-state index is -0.318. The summed E-state index contributed by atoms with van der Waals surface area (Å²) in [6, 6.07) is 11.5. The van der Waals surface area contributed by atoms with Crippen molar-refractivity contribution in [2.75, 3.05) is 7.11 Å². The van der Waals surface area contributed by atoms with E-state index in [0.717, 1.165) is 43.4 Å². The summed E-state index contributed by atoms with van der Waals surface area (Å²) in [6.07, 6.45) is 7.69. The second-order valence-corrected chi connectivity index (χ2v) is 7.34. The summed E-state index contributed by atoms with van der Waals surface area (Å²) in [4.78, 5) is 29.6. The number of hydrogen-bond acceptors (Lipinski definition) is 5. The number of ether oxygens (including phenoxy) is 1. The van der Waals surface area contributed by atoms with Crippen LogP contribution in [-0.2, 0) is 9.53 Å². The van der Waals surface area contributed by atoms with Gasteiger partial charge in [0.05, 0.1) is 24.9 Å². The third-order valence-corrected chi connectivity index (χ3v) is 5.55. The predicted octanol–water partition coefficient (Wildman–Crippen LogP) is 3.25. The quantitative estimate of drug-likeness (QED) is 0.544. The van der Waals surface area contributed by atoms with Crippen molar-refractivity contribution in [2.24, 2.45) is 5.92 Å². The van der Waals surface area contributed by atoms with E-state index < -0.39 is 0 Å². The minimum absolute atomic E-state index is 0.246. The molecule has 0 aliphatic heterocycles. The van der Waals surface area contributed by atoms with Crippen molar-refractivity contribution in [2.45, 2.75) is 38.1 Å². The molecule has 0 spiro atoms. The number of methoxy groups -OCH3 is 1. The van der Waals surface area contributed by atoms with Crippen molar-refractivity contribution in [3.63, 3.8) is 0 Å². The molecule has 1 aliphatic carbocycles. The molecule has 1 N–H and O–H groups in total. The molecule has 2 aromatic heterocycles. The molecule has 150 valence electrons. The van der Waals surface area contributed by atoms with E-state index in [-0.39, 0.29) is 23.8 Å². The van der Waals surface area contributed by atoms with Gasteiger partial charge in [0.1, 0.15) is 5.56 Å². The van der Waals surface area contributed by atoms with Gasteiger partial charge >= 0.3 is 5.97 Å². The third kappa shape index (κ3) is 3.85. The highest BCUT2D eigenvalue weighted by Gasteiger charge is 2.32. The van der Waals surface area contributed by atoms with Crippen molar-refractivity contribution >= 4 is 17.5 Å². The fourth-order valence-electron chi connectivity index (χ4n) is 4.04. The van der Waals surface area contributed by atoms with Crippen LogP contribution in [0.15, 0.2) is 48.8 Å². The van der Waals surface area contributed by atoms with Crippen molar-refractivity contribution in [1.82, 2.24) is 19.9 Å². The number of rotatable bonds is 4. The Labute approximate surface area is 169 Å². The number of benzene rings is 1. The van der Waals surface area contributed by atoms with E-state index in [9.17, 15) is 9.59 Å². The lowest BCUT2D eigenvalue weighted by atomic mass is 9.94. The maximum atomic E-state index is 13.0. The molecule has 7 nitrogen and oxygen atoms in total. The van der Waals surface area contributed by atoms with Crippen molar-refractivity contribution in [3.05, 3.63) is 54.4 Å². The Morgan fingerprint density at radius 1 is 1.10 bits per heavy atom. The van der Waals surface area contributed by atoms with Crippen LogP contribution in [0, 0.1) is 5.92 Å². The molecule has 29 heavy (non-hydrogen) atoms. The van der Waals surface area contributed by atoms with Gasteiger partial charge in [-0.3, -0.25) is 9.59 Å². The number of esters is 1. The lowest BCUT2D eigenvalue weighted by molar-refractivity contribution is -0.146. The molecule has 7 heteroatoms. The molecule has 2 atom stereocenters. The molecule has 2 heterocycles. The first kappa shape index (κ1) is 19.1. The van der Waals surface area contributed by atoms with Gasteiger partial charge in [-0.2, -0.15) is 5.10 Å². The molecule has 0 radical (unpaired) electrons. The topological polar surface area (TPSA) is 85.6 Å². The number of aromatic nitrogens is 3. The Hall–Kier alpha value is -3.22. The van der Waals surface area contributed by atoms with Gasteiger partial charge in [-0.15, -0.1) is 0 Å². The van der Waals surface area contributed by atoms with Gasteiger partial charge < -0.3 is 10.1 Å². The van der Waals surface area contributed by atoms with E-state index in [1.807, 2.05) is 36.4 Å². The zero-order chi connectivity index (χ0) is 20.2. The summed E-state index contributed by atoms with van der Waals surface area (Å²) in [5.74, 6) is -0.846. The average molecular weight is 392 g/mol. The van der Waals surface area contributed by atoms with Crippen molar-refractivity contribution in [3.8, 4) is 11.3 Å². The molecule has 1 saturated carbocycles. The Bertz CT molecular complexity index is 1020. The summed E-state index contributed by atoms with van der Waals surface area (Å²) in [7, 11) is 1.40. The molecule has 1 fully saturated rings. The van der Waals surface area contributed by atoms with Gasteiger partial charge in [-0.05, 0) is 18.9 Å². The van der Waals surface area contributed by atoms with E-state index in [1.165, 1.54) is 13.3 Å². The summed E-state index contributed by atoms with van der Waals surface area (Å²) in [6.45, 7) is 0. The second-order valence-electron chi connectivity index (χ2n) is 7.34. The first-order valence-corrected chi connectivity index (χ1v) is 9.96.